The van der Waals surface area contributed by atoms with E-state index in [9.17, 15) is 22.8 Å². The Labute approximate surface area is 216 Å². The van der Waals surface area contributed by atoms with E-state index in [4.69, 9.17) is 4.74 Å². The van der Waals surface area contributed by atoms with E-state index in [-0.39, 0.29) is 45.5 Å². The first-order valence-electron chi connectivity index (χ1n) is 12.7. The molecule has 2 aromatic heterocycles. The Kier molecular flexibility index (Phi) is 6.04. The highest BCUT2D eigenvalue weighted by Gasteiger charge is 2.27. The van der Waals surface area contributed by atoms with Gasteiger partial charge in [-0.25, -0.2) is 4.39 Å². The van der Waals surface area contributed by atoms with Crippen LogP contribution in [0.1, 0.15) is 48.5 Å². The number of hydrogen-bond donors (Lipinski definition) is 0. The van der Waals surface area contributed by atoms with Gasteiger partial charge < -0.3 is 18.9 Å². The van der Waals surface area contributed by atoms with Crippen LogP contribution in [0.15, 0.2) is 47.5 Å². The van der Waals surface area contributed by atoms with Crippen LogP contribution < -0.4 is 15.0 Å². The summed E-state index contributed by atoms with van der Waals surface area (Å²) < 4.78 is 54.3. The first-order valence-corrected chi connectivity index (χ1v) is 12.7. The second-order valence-corrected chi connectivity index (χ2v) is 9.81. The molecule has 0 bridgehead atoms. The quantitative estimate of drug-likeness (QED) is 0.326. The lowest BCUT2D eigenvalue weighted by molar-refractivity contribution is -0.0511. The molecule has 0 atom stereocenters. The number of carbonyl (C=O) groups excluding carboxylic acids is 1. The Balaban J connectivity index is 1.63. The largest absolute Gasteiger partial charge is 0.493 e. The van der Waals surface area contributed by atoms with Gasteiger partial charge in [-0.3, -0.25) is 14.2 Å². The van der Waals surface area contributed by atoms with E-state index in [1.54, 1.807) is 4.90 Å². The zero-order valence-electron chi connectivity index (χ0n) is 20.8. The van der Waals surface area contributed by atoms with Gasteiger partial charge in [-0.2, -0.15) is 8.78 Å². The van der Waals surface area contributed by atoms with Gasteiger partial charge in [-0.05, 0) is 62.4 Å². The fraction of sp³-hybridized carbons (Fsp3) is 0.357. The molecule has 4 aromatic rings. The van der Waals surface area contributed by atoms with Gasteiger partial charge in [0.1, 0.15) is 5.82 Å². The summed E-state index contributed by atoms with van der Waals surface area (Å²) in [6.45, 7) is -2.01. The normalized spacial score (nSPS) is 16.0. The summed E-state index contributed by atoms with van der Waals surface area (Å²) in [5, 5.41) is 0.889. The zero-order chi connectivity index (χ0) is 26.6. The van der Waals surface area contributed by atoms with Crippen LogP contribution in [-0.4, -0.2) is 46.8 Å². The molecule has 1 saturated carbocycles. The number of halogens is 3. The molecular weight excluding hydrogens is 499 g/mol. The third-order valence-electron chi connectivity index (χ3n) is 7.37. The Morgan fingerprint density at radius 3 is 2.42 bits per heavy atom. The first kappa shape index (κ1) is 24.4. The van der Waals surface area contributed by atoms with Gasteiger partial charge in [0.2, 0.25) is 0 Å². The Morgan fingerprint density at radius 1 is 1.00 bits per heavy atom. The minimum absolute atomic E-state index is 0.0108. The Hall–Kier alpha value is -3.95. The maximum Gasteiger partial charge on any atom is 0.387 e. The van der Waals surface area contributed by atoms with Gasteiger partial charge in [0.25, 0.3) is 11.5 Å². The van der Waals surface area contributed by atoms with Crippen molar-refractivity contribution in [2.45, 2.75) is 44.8 Å². The molecule has 0 spiro atoms. The molecule has 2 aliphatic rings. The maximum atomic E-state index is 14.9. The number of likely N-dealkylation sites (tertiary alicyclic amines) is 1. The van der Waals surface area contributed by atoms with Gasteiger partial charge in [0.05, 0.1) is 29.3 Å². The number of amides is 1. The number of rotatable bonds is 6. The number of piperidine rings is 1. The number of ether oxygens (including phenoxy) is 2. The van der Waals surface area contributed by atoms with E-state index in [0.29, 0.717) is 24.0 Å². The number of carbonyl (C=O) groups is 1. The maximum absolute atomic E-state index is 14.9. The van der Waals surface area contributed by atoms with E-state index in [1.807, 2.05) is 16.8 Å². The highest BCUT2D eigenvalue weighted by Crippen LogP contribution is 2.39. The van der Waals surface area contributed by atoms with Gasteiger partial charge in [0.15, 0.2) is 11.5 Å². The highest BCUT2D eigenvalue weighted by molar-refractivity contribution is 6.07. The summed E-state index contributed by atoms with van der Waals surface area (Å²) >= 11 is 0. The Morgan fingerprint density at radius 2 is 1.74 bits per heavy atom. The van der Waals surface area contributed by atoms with Crippen molar-refractivity contribution in [3.8, 4) is 17.2 Å². The van der Waals surface area contributed by atoms with Crippen molar-refractivity contribution in [2.24, 2.45) is 0 Å². The summed E-state index contributed by atoms with van der Waals surface area (Å²) in [6.07, 6.45) is 8.03. The summed E-state index contributed by atoms with van der Waals surface area (Å²) in [7, 11) is 1.29. The van der Waals surface area contributed by atoms with Crippen molar-refractivity contribution in [3.05, 3.63) is 64.5 Å². The molecular formula is C28H26F3N3O4. The number of nitrogens with zero attached hydrogens (tertiary/aromatic N) is 3. The number of benzene rings is 2. The van der Waals surface area contributed by atoms with E-state index in [0.717, 1.165) is 38.2 Å². The van der Waals surface area contributed by atoms with Crippen LogP contribution in [-0.2, 0) is 0 Å². The molecule has 3 heterocycles. The molecule has 38 heavy (non-hydrogen) atoms. The molecule has 1 saturated heterocycles. The molecule has 2 aromatic carbocycles. The van der Waals surface area contributed by atoms with Crippen molar-refractivity contribution in [3.63, 3.8) is 0 Å². The third kappa shape index (κ3) is 4.17. The smallest absolute Gasteiger partial charge is 0.387 e. The first-order chi connectivity index (χ1) is 18.4. The van der Waals surface area contributed by atoms with Crippen LogP contribution in [0.2, 0.25) is 0 Å². The average Bonchev–Trinajstić information content (AvgIpc) is 3.67. The van der Waals surface area contributed by atoms with Crippen molar-refractivity contribution >= 4 is 27.6 Å². The van der Waals surface area contributed by atoms with Crippen LogP contribution >= 0.6 is 0 Å². The summed E-state index contributed by atoms with van der Waals surface area (Å²) in [5.41, 5.74) is 0.520. The average molecular weight is 526 g/mol. The van der Waals surface area contributed by atoms with Crippen LogP contribution in [0.4, 0.5) is 13.2 Å². The van der Waals surface area contributed by atoms with Crippen molar-refractivity contribution in [2.75, 3.05) is 20.2 Å². The second kappa shape index (κ2) is 9.41. The molecule has 1 amide bonds. The number of hydrogen-bond acceptors (Lipinski definition) is 4. The topological polar surface area (TPSA) is 65.7 Å². The third-order valence-corrected chi connectivity index (χ3v) is 7.37. The van der Waals surface area contributed by atoms with Crippen LogP contribution in [0.3, 0.4) is 0 Å². The van der Waals surface area contributed by atoms with E-state index in [2.05, 4.69) is 4.74 Å². The van der Waals surface area contributed by atoms with Gasteiger partial charge >= 0.3 is 6.61 Å². The summed E-state index contributed by atoms with van der Waals surface area (Å²) in [6, 6.07) is 7.33. The minimum Gasteiger partial charge on any atom is -0.493 e. The molecule has 1 aliphatic carbocycles. The van der Waals surface area contributed by atoms with Crippen LogP contribution in [0, 0.1) is 5.82 Å². The molecule has 7 nitrogen and oxygen atoms in total. The van der Waals surface area contributed by atoms with E-state index < -0.39 is 18.0 Å². The SMILES string of the molecule is COc1cc2c(C(=O)N3CCCCC3)cn(-c3cc(F)cc4c3ccn4C3CC3)c(=O)c2cc1OC(F)F. The molecule has 2 fully saturated rings. The van der Waals surface area contributed by atoms with Crippen molar-refractivity contribution in [1.82, 2.24) is 14.0 Å². The highest BCUT2D eigenvalue weighted by atomic mass is 19.3. The number of fused-ring (bicyclic) bond motifs is 2. The summed E-state index contributed by atoms with van der Waals surface area (Å²) in [5.74, 6) is -1.18. The molecule has 0 N–H and O–H groups in total. The number of aromatic nitrogens is 2. The van der Waals surface area contributed by atoms with Gasteiger partial charge in [-0.1, -0.05) is 0 Å². The van der Waals surface area contributed by atoms with Gasteiger partial charge in [0, 0.05) is 42.3 Å². The number of alkyl halides is 2. The van der Waals surface area contributed by atoms with E-state index >= 15 is 0 Å². The fourth-order valence-electron chi connectivity index (χ4n) is 5.39. The second-order valence-electron chi connectivity index (χ2n) is 9.81. The predicted molar refractivity (Wildman–Crippen MR) is 136 cm³/mol. The summed E-state index contributed by atoms with van der Waals surface area (Å²) in [4.78, 5) is 29.3. The molecule has 10 heteroatoms. The molecule has 6 rings (SSSR count). The zero-order valence-corrected chi connectivity index (χ0v) is 20.8. The molecule has 198 valence electrons. The molecule has 0 radical (unpaired) electrons. The van der Waals surface area contributed by atoms with Gasteiger partial charge in [-0.15, -0.1) is 0 Å². The lowest BCUT2D eigenvalue weighted by Gasteiger charge is -2.27. The lowest BCUT2D eigenvalue weighted by atomic mass is 10.0. The van der Waals surface area contributed by atoms with Crippen molar-refractivity contribution < 1.29 is 27.4 Å². The van der Waals surface area contributed by atoms with E-state index in [1.165, 1.54) is 36.1 Å². The molecule has 1 aliphatic heterocycles. The fourth-order valence-corrected chi connectivity index (χ4v) is 5.39. The standard InChI is InChI=1S/C28H26F3N3O4/c1-37-24-13-19-20(14-25(24)38-28(30)31)27(36)34(15-21(19)26(35)32-8-3-2-4-9-32)23-12-16(29)11-22-18(23)7-10-33(22)17-5-6-17/h7,10-15,17,28H,2-6,8-9H2,1H3. The monoisotopic (exact) mass is 525 g/mol. The Bertz CT molecular complexity index is 1620. The van der Waals surface area contributed by atoms with Crippen molar-refractivity contribution in [1.29, 1.82) is 0 Å². The van der Waals surface area contributed by atoms with Crippen LogP contribution in [0.5, 0.6) is 11.5 Å². The molecule has 0 unspecified atom stereocenters. The lowest BCUT2D eigenvalue weighted by Crippen LogP contribution is -2.36. The number of pyridine rings is 1. The minimum atomic E-state index is -3.15. The predicted octanol–water partition coefficient (Wildman–Crippen LogP) is 5.66. The van der Waals surface area contributed by atoms with Crippen LogP contribution in [0.25, 0.3) is 27.4 Å². The number of methoxy groups -OCH3 is 1.